The number of carbonyl (C=O) groups excluding carboxylic acids is 2. The minimum atomic E-state index is -0.494. The summed E-state index contributed by atoms with van der Waals surface area (Å²) >= 11 is 6.24. The lowest BCUT2D eigenvalue weighted by Gasteiger charge is -2.18. The Bertz CT molecular complexity index is 1240. The SMILES string of the molecule is Cc1c(Cl)cccc1NC1=C(c2ccc(F)cc2)C(=O)N(c2ccc(N(C)C)cc2)C1=O. The highest BCUT2D eigenvalue weighted by molar-refractivity contribution is 6.46. The Labute approximate surface area is 190 Å². The quantitative estimate of drug-likeness (QED) is 0.540. The van der Waals surface area contributed by atoms with Crippen molar-refractivity contribution in [3.05, 3.63) is 94.4 Å². The van der Waals surface area contributed by atoms with Crippen LogP contribution in [0.1, 0.15) is 11.1 Å². The molecule has 0 bridgehead atoms. The van der Waals surface area contributed by atoms with Gasteiger partial charge in [0.1, 0.15) is 11.5 Å². The van der Waals surface area contributed by atoms with E-state index in [0.29, 0.717) is 22.0 Å². The second-order valence-electron chi connectivity index (χ2n) is 7.65. The first-order valence-electron chi connectivity index (χ1n) is 9.96. The van der Waals surface area contributed by atoms with E-state index in [4.69, 9.17) is 11.6 Å². The lowest BCUT2D eigenvalue weighted by atomic mass is 10.0. The van der Waals surface area contributed by atoms with E-state index in [1.807, 2.05) is 38.1 Å². The van der Waals surface area contributed by atoms with Gasteiger partial charge in [-0.15, -0.1) is 0 Å². The lowest BCUT2D eigenvalue weighted by molar-refractivity contribution is -0.120. The number of rotatable bonds is 5. The summed E-state index contributed by atoms with van der Waals surface area (Å²) < 4.78 is 13.5. The van der Waals surface area contributed by atoms with E-state index in [-0.39, 0.29) is 11.3 Å². The molecule has 162 valence electrons. The van der Waals surface area contributed by atoms with Crippen LogP contribution in [0.3, 0.4) is 0 Å². The molecule has 0 radical (unpaired) electrons. The Morgan fingerprint density at radius 2 is 1.56 bits per heavy atom. The largest absolute Gasteiger partial charge is 0.378 e. The van der Waals surface area contributed by atoms with Gasteiger partial charge in [-0.2, -0.15) is 0 Å². The first-order chi connectivity index (χ1) is 15.3. The van der Waals surface area contributed by atoms with E-state index in [2.05, 4.69) is 5.32 Å². The molecule has 1 heterocycles. The maximum atomic E-state index is 13.5. The van der Waals surface area contributed by atoms with Gasteiger partial charge in [0.25, 0.3) is 11.8 Å². The van der Waals surface area contributed by atoms with Crippen LogP contribution in [0, 0.1) is 12.7 Å². The zero-order chi connectivity index (χ0) is 23.0. The molecule has 2 amide bonds. The monoisotopic (exact) mass is 449 g/mol. The van der Waals surface area contributed by atoms with E-state index in [0.717, 1.165) is 16.2 Å². The van der Waals surface area contributed by atoms with Crippen LogP contribution in [0.15, 0.2) is 72.4 Å². The molecule has 0 saturated heterocycles. The number of imide groups is 1. The van der Waals surface area contributed by atoms with Gasteiger partial charge in [-0.05, 0) is 66.6 Å². The highest BCUT2D eigenvalue weighted by Crippen LogP contribution is 2.35. The fourth-order valence-corrected chi connectivity index (χ4v) is 3.72. The number of hydrogen-bond acceptors (Lipinski definition) is 4. The van der Waals surface area contributed by atoms with Crippen LogP contribution in [0.4, 0.5) is 21.5 Å². The van der Waals surface area contributed by atoms with Crippen LogP contribution < -0.4 is 15.1 Å². The third-order valence-electron chi connectivity index (χ3n) is 5.37. The Morgan fingerprint density at radius 3 is 2.19 bits per heavy atom. The number of carbonyl (C=O) groups is 2. The van der Waals surface area contributed by atoms with Crippen LogP contribution in [0.25, 0.3) is 5.57 Å². The molecule has 1 aliphatic heterocycles. The number of nitrogens with one attached hydrogen (secondary N) is 1. The molecule has 3 aromatic carbocycles. The molecule has 4 rings (SSSR count). The summed E-state index contributed by atoms with van der Waals surface area (Å²) in [6, 6.07) is 17.9. The van der Waals surface area contributed by atoms with Gasteiger partial charge in [0.2, 0.25) is 0 Å². The first-order valence-corrected chi connectivity index (χ1v) is 10.3. The Balaban J connectivity index is 1.81. The zero-order valence-electron chi connectivity index (χ0n) is 17.8. The van der Waals surface area contributed by atoms with Gasteiger partial charge in [0.05, 0.1) is 11.3 Å². The molecule has 32 heavy (non-hydrogen) atoms. The molecule has 0 spiro atoms. The maximum Gasteiger partial charge on any atom is 0.282 e. The number of benzene rings is 3. The molecule has 7 heteroatoms. The van der Waals surface area contributed by atoms with Crippen molar-refractivity contribution in [3.63, 3.8) is 0 Å². The summed E-state index contributed by atoms with van der Waals surface area (Å²) in [7, 11) is 3.81. The van der Waals surface area contributed by atoms with Crippen LogP contribution in [0.2, 0.25) is 5.02 Å². The van der Waals surface area contributed by atoms with Crippen molar-refractivity contribution in [1.29, 1.82) is 0 Å². The van der Waals surface area contributed by atoms with Crippen molar-refractivity contribution in [2.75, 3.05) is 29.2 Å². The number of anilines is 3. The van der Waals surface area contributed by atoms with Crippen molar-refractivity contribution in [2.24, 2.45) is 0 Å². The van der Waals surface area contributed by atoms with Crippen LogP contribution in [-0.4, -0.2) is 25.9 Å². The molecular weight excluding hydrogens is 429 g/mol. The van der Waals surface area contributed by atoms with Crippen molar-refractivity contribution < 1.29 is 14.0 Å². The lowest BCUT2D eigenvalue weighted by Crippen LogP contribution is -2.32. The van der Waals surface area contributed by atoms with E-state index >= 15 is 0 Å². The van der Waals surface area contributed by atoms with Gasteiger partial charge in [-0.3, -0.25) is 9.59 Å². The molecule has 0 fully saturated rings. The van der Waals surface area contributed by atoms with Gasteiger partial charge < -0.3 is 10.2 Å². The standard InChI is InChI=1S/C25H21ClFN3O2/c1-15-20(26)5-4-6-21(15)28-23-22(16-7-9-17(27)10-8-16)24(31)30(25(23)32)19-13-11-18(12-14-19)29(2)3/h4-14,28H,1-3H3. The molecule has 0 unspecified atom stereocenters. The average molecular weight is 450 g/mol. The van der Waals surface area contributed by atoms with Gasteiger partial charge >= 0.3 is 0 Å². The van der Waals surface area contributed by atoms with Gasteiger partial charge in [0.15, 0.2) is 0 Å². The summed E-state index contributed by atoms with van der Waals surface area (Å²) in [5.74, 6) is -1.41. The van der Waals surface area contributed by atoms with Crippen molar-refractivity contribution in [1.82, 2.24) is 0 Å². The van der Waals surface area contributed by atoms with Gasteiger partial charge in [-0.25, -0.2) is 9.29 Å². The minimum absolute atomic E-state index is 0.115. The maximum absolute atomic E-state index is 13.5. The first kappa shape index (κ1) is 21.6. The predicted octanol–water partition coefficient (Wildman–Crippen LogP) is 5.25. The van der Waals surface area contributed by atoms with E-state index in [1.54, 1.807) is 30.3 Å². The Kier molecular flexibility index (Phi) is 5.72. The highest BCUT2D eigenvalue weighted by atomic mass is 35.5. The number of nitrogens with zero attached hydrogens (tertiary/aromatic N) is 2. The second-order valence-corrected chi connectivity index (χ2v) is 8.06. The molecule has 0 aromatic heterocycles. The molecule has 5 nitrogen and oxygen atoms in total. The zero-order valence-corrected chi connectivity index (χ0v) is 18.6. The van der Waals surface area contributed by atoms with E-state index in [1.165, 1.54) is 24.3 Å². The van der Waals surface area contributed by atoms with Crippen LogP contribution >= 0.6 is 11.6 Å². The fraction of sp³-hybridized carbons (Fsp3) is 0.120. The van der Waals surface area contributed by atoms with Crippen molar-refractivity contribution in [2.45, 2.75) is 6.92 Å². The predicted molar refractivity (Wildman–Crippen MR) is 126 cm³/mol. The summed E-state index contributed by atoms with van der Waals surface area (Å²) in [5, 5.41) is 3.64. The molecule has 1 N–H and O–H groups in total. The number of amides is 2. The van der Waals surface area contributed by atoms with E-state index in [9.17, 15) is 14.0 Å². The molecular formula is C25H21ClFN3O2. The Hall–Kier alpha value is -3.64. The minimum Gasteiger partial charge on any atom is -0.378 e. The highest BCUT2D eigenvalue weighted by Gasteiger charge is 2.40. The second kappa shape index (κ2) is 8.48. The van der Waals surface area contributed by atoms with Crippen molar-refractivity contribution >= 4 is 46.1 Å². The van der Waals surface area contributed by atoms with Crippen molar-refractivity contribution in [3.8, 4) is 0 Å². The molecule has 3 aromatic rings. The topological polar surface area (TPSA) is 52.7 Å². The number of halogens is 2. The summed E-state index contributed by atoms with van der Waals surface area (Å²) in [6.45, 7) is 1.82. The van der Waals surface area contributed by atoms with Gasteiger partial charge in [-0.1, -0.05) is 29.8 Å². The third-order valence-corrected chi connectivity index (χ3v) is 5.78. The molecule has 0 aliphatic carbocycles. The average Bonchev–Trinajstić information content (AvgIpc) is 3.01. The Morgan fingerprint density at radius 1 is 0.906 bits per heavy atom. The summed E-state index contributed by atoms with van der Waals surface area (Å²) in [5.41, 5.74) is 3.47. The molecule has 0 atom stereocenters. The number of hydrogen-bond donors (Lipinski definition) is 1. The van der Waals surface area contributed by atoms with Gasteiger partial charge in [0, 0.05) is 30.5 Å². The molecule has 0 saturated carbocycles. The fourth-order valence-electron chi connectivity index (χ4n) is 3.54. The van der Waals surface area contributed by atoms with E-state index < -0.39 is 17.6 Å². The third kappa shape index (κ3) is 3.85. The normalized spacial score (nSPS) is 13.7. The van der Waals surface area contributed by atoms with Crippen LogP contribution in [0.5, 0.6) is 0 Å². The smallest absolute Gasteiger partial charge is 0.282 e. The summed E-state index contributed by atoms with van der Waals surface area (Å²) in [6.07, 6.45) is 0. The summed E-state index contributed by atoms with van der Waals surface area (Å²) in [4.78, 5) is 30.0. The molecule has 1 aliphatic rings. The van der Waals surface area contributed by atoms with Crippen LogP contribution in [-0.2, 0) is 9.59 Å².